The normalized spacial score (nSPS) is 13.3. The number of para-hydroxylation sites is 1. The number of rotatable bonds is 4. The summed E-state index contributed by atoms with van der Waals surface area (Å²) < 4.78 is 132. The Balaban J connectivity index is 3.23. The molecule has 0 unspecified atom stereocenters. The number of ether oxygens (including phenoxy) is 2. The second kappa shape index (κ2) is 6.88. The fourth-order valence-electron chi connectivity index (χ4n) is 1.39. The molecule has 1 rings (SSSR count). The second-order valence-corrected chi connectivity index (χ2v) is 4.83. The van der Waals surface area contributed by atoms with E-state index in [-0.39, 0.29) is 0 Å². The third-order valence-electron chi connectivity index (χ3n) is 2.80. The number of halogens is 10. The molecule has 4 nitrogen and oxygen atoms in total. The number of hydrogen-bond acceptors (Lipinski definition) is 4. The van der Waals surface area contributed by atoms with E-state index in [1.54, 1.807) is 0 Å². The molecule has 0 heterocycles. The highest BCUT2D eigenvalue weighted by atomic mass is 19.4. The van der Waals surface area contributed by atoms with E-state index in [9.17, 15) is 53.5 Å². The monoisotopic (exact) mass is 416 g/mol. The molecule has 0 fully saturated rings. The Hall–Kier alpha value is -2.54. The van der Waals surface area contributed by atoms with Crippen LogP contribution in [0.4, 0.5) is 43.9 Å². The summed E-state index contributed by atoms with van der Waals surface area (Å²) in [6.07, 6.45) is -12.8. The fourth-order valence-corrected chi connectivity index (χ4v) is 1.39. The highest BCUT2D eigenvalue weighted by molar-refractivity contribution is 5.84. The first-order chi connectivity index (χ1) is 11.9. The van der Waals surface area contributed by atoms with Crippen LogP contribution in [-0.2, 0) is 9.59 Å². The zero-order valence-corrected chi connectivity index (χ0v) is 12.6. The number of aryl methyl sites for hydroxylation is 1. The lowest BCUT2D eigenvalue weighted by Gasteiger charge is -2.21. The first-order valence-corrected chi connectivity index (χ1v) is 6.36. The maximum absolute atomic E-state index is 12.9. The third-order valence-corrected chi connectivity index (χ3v) is 2.80. The smallest absolute Gasteiger partial charge is 0.418 e. The predicted octanol–water partition coefficient (Wildman–Crippen LogP) is 4.20. The van der Waals surface area contributed by atoms with E-state index in [1.165, 1.54) is 0 Å². The van der Waals surface area contributed by atoms with Crippen LogP contribution in [0.3, 0.4) is 0 Å². The molecule has 0 radical (unpaired) electrons. The van der Waals surface area contributed by atoms with Gasteiger partial charge in [-0.25, -0.2) is 9.59 Å². The molecule has 0 aliphatic rings. The minimum absolute atomic E-state index is 0.436. The van der Waals surface area contributed by atoms with Crippen molar-refractivity contribution in [3.8, 4) is 11.5 Å². The van der Waals surface area contributed by atoms with Crippen LogP contribution in [-0.4, -0.2) is 36.1 Å². The highest BCUT2D eigenvalue weighted by Gasteiger charge is 2.66. The van der Waals surface area contributed by atoms with Crippen molar-refractivity contribution in [2.75, 3.05) is 0 Å². The zero-order chi connectivity index (χ0) is 21.4. The van der Waals surface area contributed by atoms with Crippen LogP contribution < -0.4 is 9.47 Å². The lowest BCUT2D eigenvalue weighted by molar-refractivity contribution is -0.277. The molecule has 14 heteroatoms. The van der Waals surface area contributed by atoms with Gasteiger partial charge in [0.25, 0.3) is 0 Å². The average molecular weight is 416 g/mol. The molecule has 0 spiro atoms. The quantitative estimate of drug-likeness (QED) is 0.420. The number of carbonyl (C=O) groups excluding carboxylic acids is 2. The number of esters is 2. The van der Waals surface area contributed by atoms with Crippen molar-refractivity contribution in [1.29, 1.82) is 0 Å². The first-order valence-electron chi connectivity index (χ1n) is 6.36. The Kier molecular flexibility index (Phi) is 5.74. The topological polar surface area (TPSA) is 52.6 Å². The summed E-state index contributed by atoms with van der Waals surface area (Å²) in [4.78, 5) is 22.1. The molecule has 0 saturated carbocycles. The molecule has 27 heavy (non-hydrogen) atoms. The van der Waals surface area contributed by atoms with Gasteiger partial charge in [0.05, 0.1) is 0 Å². The van der Waals surface area contributed by atoms with Crippen LogP contribution in [0.15, 0.2) is 18.2 Å². The Morgan fingerprint density at radius 1 is 0.741 bits per heavy atom. The molecule has 152 valence electrons. The fraction of sp³-hybridized carbons (Fsp3) is 0.385. The molecule has 0 aliphatic carbocycles. The predicted molar refractivity (Wildman–Crippen MR) is 64.5 cm³/mol. The van der Waals surface area contributed by atoms with Gasteiger partial charge in [-0.3, -0.25) is 0 Å². The summed E-state index contributed by atoms with van der Waals surface area (Å²) >= 11 is 0. The van der Waals surface area contributed by atoms with Gasteiger partial charge in [-0.2, -0.15) is 43.9 Å². The lowest BCUT2D eigenvalue weighted by atomic mass is 10.2. The van der Waals surface area contributed by atoms with Gasteiger partial charge in [0.15, 0.2) is 11.5 Å². The minimum Gasteiger partial charge on any atom is -0.418 e. The Labute approximate surface area is 142 Å². The van der Waals surface area contributed by atoms with Gasteiger partial charge < -0.3 is 9.47 Å². The van der Waals surface area contributed by atoms with Crippen LogP contribution in [0.1, 0.15) is 5.56 Å². The van der Waals surface area contributed by atoms with Crippen molar-refractivity contribution in [1.82, 2.24) is 0 Å². The zero-order valence-electron chi connectivity index (χ0n) is 12.6. The standard InChI is InChI=1S/C13H6F10O4/c1-5-3-2-4-6(26-8(24)10(14,15)12(18,19)20)7(5)27-9(25)11(16,17)13(21,22)23/h2-4H,1H3. The van der Waals surface area contributed by atoms with E-state index in [0.29, 0.717) is 6.07 Å². The van der Waals surface area contributed by atoms with Crippen molar-refractivity contribution in [2.45, 2.75) is 31.1 Å². The summed E-state index contributed by atoms with van der Waals surface area (Å²) in [5.41, 5.74) is -0.484. The van der Waals surface area contributed by atoms with E-state index in [0.717, 1.165) is 19.1 Å². The van der Waals surface area contributed by atoms with Crippen molar-refractivity contribution in [3.63, 3.8) is 0 Å². The Bertz CT molecular complexity index is 736. The van der Waals surface area contributed by atoms with Crippen LogP contribution >= 0.6 is 0 Å². The van der Waals surface area contributed by atoms with Gasteiger partial charge in [-0.1, -0.05) is 12.1 Å². The molecule has 0 amide bonds. The van der Waals surface area contributed by atoms with Gasteiger partial charge in [-0.05, 0) is 18.6 Å². The minimum atomic E-state index is -6.38. The summed E-state index contributed by atoms with van der Waals surface area (Å²) in [5.74, 6) is -21.3. The molecule has 0 aliphatic heterocycles. The summed E-state index contributed by atoms with van der Waals surface area (Å²) in [6, 6.07) is 2.18. The second-order valence-electron chi connectivity index (χ2n) is 4.83. The van der Waals surface area contributed by atoms with Crippen molar-refractivity contribution < 1.29 is 63.0 Å². The maximum atomic E-state index is 12.9. The van der Waals surface area contributed by atoms with E-state index < -0.39 is 53.2 Å². The molecule has 1 aromatic rings. The number of alkyl halides is 10. The molecule has 0 atom stereocenters. The van der Waals surface area contributed by atoms with Crippen molar-refractivity contribution in [3.05, 3.63) is 23.8 Å². The first kappa shape index (κ1) is 22.5. The summed E-state index contributed by atoms with van der Waals surface area (Å²) in [5, 5.41) is 0. The molecular weight excluding hydrogens is 410 g/mol. The van der Waals surface area contributed by atoms with Gasteiger partial charge >= 0.3 is 36.1 Å². The Morgan fingerprint density at radius 2 is 1.15 bits per heavy atom. The van der Waals surface area contributed by atoms with Gasteiger partial charge in [0, 0.05) is 0 Å². The molecule has 0 aromatic heterocycles. The van der Waals surface area contributed by atoms with Crippen LogP contribution in [0.2, 0.25) is 0 Å². The van der Waals surface area contributed by atoms with E-state index in [4.69, 9.17) is 0 Å². The van der Waals surface area contributed by atoms with Crippen LogP contribution in [0.5, 0.6) is 11.5 Å². The third kappa shape index (κ3) is 4.42. The average Bonchev–Trinajstić information content (AvgIpc) is 2.47. The van der Waals surface area contributed by atoms with E-state index in [2.05, 4.69) is 9.47 Å². The molecule has 1 aromatic carbocycles. The lowest BCUT2D eigenvalue weighted by Crippen LogP contribution is -2.47. The van der Waals surface area contributed by atoms with Crippen LogP contribution in [0, 0.1) is 6.92 Å². The highest BCUT2D eigenvalue weighted by Crippen LogP contribution is 2.41. The SMILES string of the molecule is Cc1cccc(OC(=O)C(F)(F)C(F)(F)F)c1OC(=O)C(F)(F)C(F)(F)F. The number of hydrogen-bond donors (Lipinski definition) is 0. The van der Waals surface area contributed by atoms with E-state index >= 15 is 0 Å². The molecular formula is C13H6F10O4. The van der Waals surface area contributed by atoms with Crippen molar-refractivity contribution in [2.24, 2.45) is 0 Å². The summed E-state index contributed by atoms with van der Waals surface area (Å²) in [6.45, 7) is 0.896. The molecule has 0 bridgehead atoms. The van der Waals surface area contributed by atoms with E-state index in [1.807, 2.05) is 0 Å². The van der Waals surface area contributed by atoms with Crippen molar-refractivity contribution >= 4 is 11.9 Å². The molecule has 0 saturated heterocycles. The number of carbonyl (C=O) groups is 2. The van der Waals surface area contributed by atoms with Gasteiger partial charge in [0.1, 0.15) is 0 Å². The van der Waals surface area contributed by atoms with Crippen LogP contribution in [0.25, 0.3) is 0 Å². The molecule has 0 N–H and O–H groups in total. The Morgan fingerprint density at radius 3 is 1.56 bits per heavy atom. The van der Waals surface area contributed by atoms with Gasteiger partial charge in [0.2, 0.25) is 0 Å². The maximum Gasteiger partial charge on any atom is 0.465 e. The largest absolute Gasteiger partial charge is 0.465 e. The summed E-state index contributed by atoms with van der Waals surface area (Å²) in [7, 11) is 0. The van der Waals surface area contributed by atoms with Gasteiger partial charge in [-0.15, -0.1) is 0 Å². The number of benzene rings is 1.